The Morgan fingerprint density at radius 1 is 0.324 bits per heavy atom. The van der Waals surface area contributed by atoms with Crippen LogP contribution in [0, 0.1) is 33.0 Å². The first-order chi connectivity index (χ1) is 65.8. The van der Waals surface area contributed by atoms with Gasteiger partial charge in [-0.2, -0.15) is 5.26 Å². The lowest BCUT2D eigenvalue weighted by molar-refractivity contribution is -0.173. The lowest BCUT2D eigenvalue weighted by atomic mass is 9.69. The number of nitriles is 1. The zero-order valence-electron chi connectivity index (χ0n) is 80.6. The summed E-state index contributed by atoms with van der Waals surface area (Å²) in [4.78, 5) is 102. The van der Waals surface area contributed by atoms with Crippen LogP contribution in [0.15, 0.2) is 121 Å². The van der Waals surface area contributed by atoms with Crippen LogP contribution in [0.25, 0.3) is 44.5 Å². The molecule has 0 spiro atoms. The van der Waals surface area contributed by atoms with Gasteiger partial charge in [-0.3, -0.25) is 38.4 Å². The molecule has 18 rings (SSSR count). The molecule has 6 fully saturated rings. The van der Waals surface area contributed by atoms with Crippen LogP contribution in [0.5, 0.6) is 69.0 Å². The first-order valence-corrected chi connectivity index (χ1v) is 48.3. The Morgan fingerprint density at radius 3 is 0.838 bits per heavy atom. The van der Waals surface area contributed by atoms with Crippen LogP contribution >= 0.6 is 0 Å². The lowest BCUT2D eigenvalue weighted by Crippen LogP contribution is -2.47. The fourth-order valence-corrected chi connectivity index (χ4v) is 20.3. The van der Waals surface area contributed by atoms with Crippen LogP contribution in [0.4, 0.5) is 0 Å². The Labute approximate surface area is 796 Å². The maximum atomic E-state index is 13.2. The molecule has 0 radical (unpaired) electrons. The molecule has 720 valence electrons. The fraction of sp³-hybridized carbons (Fsp3) is 0.486. The normalized spacial score (nSPS) is 17.5. The Hall–Kier alpha value is -12.6. The van der Waals surface area contributed by atoms with Crippen LogP contribution in [0.1, 0.15) is 258 Å². The predicted molar refractivity (Wildman–Crippen MR) is 511 cm³/mol. The van der Waals surface area contributed by atoms with E-state index in [0.717, 1.165) is 211 Å². The average molecular weight is 1860 g/mol. The van der Waals surface area contributed by atoms with Gasteiger partial charge in [0.25, 0.3) is 0 Å². The Kier molecular flexibility index (Phi) is 30.8. The average Bonchev–Trinajstić information content (AvgIpc) is 1.74. The van der Waals surface area contributed by atoms with E-state index < -0.39 is 33.2 Å². The van der Waals surface area contributed by atoms with E-state index in [4.69, 9.17) is 75.8 Å². The predicted octanol–water partition coefficient (Wildman–Crippen LogP) is 21.7. The number of carbonyl (C=O) groups is 8. The summed E-state index contributed by atoms with van der Waals surface area (Å²) in [5.74, 6) is 5.82. The minimum atomic E-state index is -1.21. The summed E-state index contributed by atoms with van der Waals surface area (Å²) in [7, 11) is 12.6. The minimum Gasteiger partial charge on any atom is -0.493 e. The summed E-state index contributed by atoms with van der Waals surface area (Å²) in [6.07, 6.45) is 24.5. The molecule has 10 aliphatic carbocycles. The zero-order chi connectivity index (χ0) is 96.2. The summed E-state index contributed by atoms with van der Waals surface area (Å²) in [5, 5.41) is 9.28. The summed E-state index contributed by atoms with van der Waals surface area (Å²) in [6.45, 7) is 7.93. The smallest absolute Gasteiger partial charge is 0.317 e. The number of methoxy groups -OCH3 is 8. The Bertz CT molecular complexity index is 5680. The highest BCUT2D eigenvalue weighted by Crippen LogP contribution is 2.57. The van der Waals surface area contributed by atoms with E-state index in [1.54, 1.807) is 69.7 Å². The number of esters is 4. The molecule has 0 N–H and O–H groups in total. The van der Waals surface area contributed by atoms with Gasteiger partial charge in [0.1, 0.15) is 72.5 Å². The number of hydrogen-bond donors (Lipinski definition) is 0. The van der Waals surface area contributed by atoms with Crippen molar-refractivity contribution in [1.82, 2.24) is 0 Å². The molecule has 0 bridgehead atoms. The van der Waals surface area contributed by atoms with Crippen molar-refractivity contribution in [2.24, 2.45) is 21.7 Å². The number of hydrogen-bond acceptors (Lipinski definition) is 25. The molecular formula is C111H127NO24. The van der Waals surface area contributed by atoms with Crippen molar-refractivity contribution in [3.63, 3.8) is 0 Å². The molecule has 25 nitrogen and oxygen atoms in total. The molecule has 0 saturated heterocycles. The molecule has 0 heterocycles. The maximum Gasteiger partial charge on any atom is 0.317 e. The third kappa shape index (κ3) is 20.2. The molecule has 0 atom stereocenters. The Morgan fingerprint density at radius 2 is 0.588 bits per heavy atom. The van der Waals surface area contributed by atoms with E-state index in [9.17, 15) is 43.6 Å². The van der Waals surface area contributed by atoms with E-state index in [2.05, 4.69) is 0 Å². The topological polar surface area (TPSA) is 308 Å². The van der Waals surface area contributed by atoms with Crippen molar-refractivity contribution in [3.8, 4) is 120 Å². The molecule has 8 aromatic carbocycles. The highest BCUT2D eigenvalue weighted by molar-refractivity contribution is 6.06. The van der Waals surface area contributed by atoms with Gasteiger partial charge in [-0.1, -0.05) is 112 Å². The molecule has 8 aromatic rings. The lowest BCUT2D eigenvalue weighted by Gasteiger charge is -2.40. The number of nitrogens with zero attached hydrogens (tertiary/aromatic N) is 1. The number of ketones is 4. The minimum absolute atomic E-state index is 0.0325. The first kappa shape index (κ1) is 97.9. The number of carbonyl (C=O) groups excluding carboxylic acids is 8. The van der Waals surface area contributed by atoms with Gasteiger partial charge in [-0.15, -0.1) is 0 Å². The van der Waals surface area contributed by atoms with E-state index in [0.29, 0.717) is 133 Å². The number of benzene rings is 8. The van der Waals surface area contributed by atoms with Crippen LogP contribution < -0.4 is 56.8 Å². The largest absolute Gasteiger partial charge is 0.493 e. The van der Waals surface area contributed by atoms with E-state index in [1.807, 2.05) is 135 Å². The van der Waals surface area contributed by atoms with Gasteiger partial charge in [0.05, 0.1) is 56.9 Å². The number of rotatable bonds is 34. The third-order valence-corrected chi connectivity index (χ3v) is 29.2. The van der Waals surface area contributed by atoms with Gasteiger partial charge in [0, 0.05) is 70.2 Å². The first-order valence-electron chi connectivity index (χ1n) is 48.3. The Balaban J connectivity index is 0.000000138. The van der Waals surface area contributed by atoms with Crippen molar-refractivity contribution in [2.45, 2.75) is 244 Å². The maximum absolute atomic E-state index is 13.2. The molecule has 10 aliphatic rings. The molecule has 136 heavy (non-hydrogen) atoms. The molecule has 0 unspecified atom stereocenters. The van der Waals surface area contributed by atoms with Gasteiger partial charge < -0.3 is 75.8 Å². The second kappa shape index (κ2) is 42.8. The summed E-state index contributed by atoms with van der Waals surface area (Å²) < 4.78 is 93.6. The van der Waals surface area contributed by atoms with Gasteiger partial charge in [0.15, 0.2) is 74.7 Å². The van der Waals surface area contributed by atoms with Crippen molar-refractivity contribution in [2.75, 3.05) is 83.3 Å². The van der Waals surface area contributed by atoms with Crippen molar-refractivity contribution < 1.29 is 114 Å². The van der Waals surface area contributed by atoms with Crippen LogP contribution in [-0.4, -0.2) is 154 Å². The molecule has 0 aliphatic heterocycles. The molecule has 25 heteroatoms. The van der Waals surface area contributed by atoms with Crippen LogP contribution in [-0.2, 0) is 63.8 Å². The van der Waals surface area contributed by atoms with Gasteiger partial charge in [-0.05, 0) is 248 Å². The summed E-state index contributed by atoms with van der Waals surface area (Å²) in [5.41, 5.74) is 10.2. The van der Waals surface area contributed by atoms with E-state index >= 15 is 0 Å². The van der Waals surface area contributed by atoms with Crippen molar-refractivity contribution in [1.29, 1.82) is 5.26 Å². The SMILES string of the molecule is CCC(CC)OC(=O)C1(COc2c(-c3cccc4c3CCC4=O)ccc(OC)c2OC)CCC1.COc1ccc(-c2cccc3c2CCC3=O)c(OCC2(C(=O)OC(C)(C)C#N)CCC2)c1OC.COc1ccc(-c2cccc3c2CCC3=O)c(OCC2(C(=O)OC3CCCC3)CCC2)c1OC.COc1ccc(-c2cccc3c2CCC3=O)c(OCC2(C(=O)OC3CCCCC3)CC2)c1OC. The van der Waals surface area contributed by atoms with E-state index in [1.165, 1.54) is 13.5 Å². The summed E-state index contributed by atoms with van der Waals surface area (Å²) >= 11 is 0. The van der Waals surface area contributed by atoms with Gasteiger partial charge in [-0.25, -0.2) is 0 Å². The number of ether oxygens (including phenoxy) is 16. The molecule has 0 aromatic heterocycles. The van der Waals surface area contributed by atoms with E-state index in [-0.39, 0.29) is 85.8 Å². The second-order valence-electron chi connectivity index (χ2n) is 37.9. The second-order valence-corrected chi connectivity index (χ2v) is 37.9. The molecule has 6 saturated carbocycles. The number of fused-ring (bicyclic) bond motifs is 4. The molecule has 0 amide bonds. The quantitative estimate of drug-likeness (QED) is 0.0267. The van der Waals surface area contributed by atoms with Gasteiger partial charge >= 0.3 is 23.9 Å². The highest BCUT2D eigenvalue weighted by atomic mass is 16.6. The van der Waals surface area contributed by atoms with Crippen molar-refractivity contribution in [3.05, 3.63) is 166 Å². The summed E-state index contributed by atoms with van der Waals surface area (Å²) in [6, 6.07) is 40.1. The van der Waals surface area contributed by atoms with Crippen LogP contribution in [0.3, 0.4) is 0 Å². The highest BCUT2D eigenvalue weighted by Gasteiger charge is 2.55. The van der Waals surface area contributed by atoms with Crippen LogP contribution in [0.2, 0.25) is 0 Å². The van der Waals surface area contributed by atoms with Crippen molar-refractivity contribution >= 4 is 47.0 Å². The third-order valence-electron chi connectivity index (χ3n) is 29.2. The fourth-order valence-electron chi connectivity index (χ4n) is 20.3. The number of Topliss-reactive ketones (excluding diaryl/α,β-unsaturated/α-hetero) is 4. The zero-order valence-corrected chi connectivity index (χ0v) is 80.6. The molecular weight excluding hydrogens is 1730 g/mol. The standard InChI is InChI=1S/2C28H32O6.C28H34O6.C27H29NO6/c1-31-24-14-12-22(19-9-5-10-21-20(19)11-13-23(21)29)25(26(24)32-2)33-17-28(15-6-16-28)27(30)34-18-7-3-4-8-18;1-31-24-14-12-22(19-9-6-10-21-20(19)11-13-23(21)29)25(26(24)32-2)33-17-28(15-16-28)27(30)34-18-7-4-3-5-8-18;1-5-18(6-2)34-27(30)28(15-8-16-28)17-33-25-22(12-14-24(31-3)26(25)32-4)19-9-7-10-21-20(19)11-13-23(21)29;1-26(2,15-28)34-25(30)27(13-6-14-27)16-33-23-20(10-12-22(31-3)24(23)32-4)17-7-5-8-19-18(17)9-11-21(19)29/h5,9-10,12,14,18H,3-4,6-8,11,13,15-17H2,1-2H3;6,9-10,12,14,18H,3-5,7-8,11,13,15-17H2,1-2H3;7,9-10,12,14,18H,5-6,8,11,13,15-17H2,1-4H3;5,7-8,10,12H,6,9,11,13-14,16H2,1-4H3. The van der Waals surface area contributed by atoms with Gasteiger partial charge in [0.2, 0.25) is 23.0 Å². The monoisotopic (exact) mass is 1860 g/mol.